The van der Waals surface area contributed by atoms with Crippen molar-refractivity contribution in [1.29, 1.82) is 0 Å². The molecule has 3 nitrogen and oxygen atoms in total. The second-order valence-electron chi connectivity index (χ2n) is 0.250. The molecule has 0 saturated heterocycles. The molecule has 0 aliphatic carbocycles. The van der Waals surface area contributed by atoms with Gasteiger partial charge in [-0.3, -0.25) is 0 Å². The molecule has 0 fully saturated rings. The van der Waals surface area contributed by atoms with Crippen molar-refractivity contribution >= 4 is 20.6 Å². The van der Waals surface area contributed by atoms with Gasteiger partial charge in [0.2, 0.25) is 0 Å². The molecule has 0 N–H and O–H groups in total. The van der Waals surface area contributed by atoms with E-state index in [9.17, 15) is 0 Å². The monoisotopic (exact) mass is 246 g/mol. The van der Waals surface area contributed by atoms with Crippen LogP contribution >= 0.6 is 0 Å². The van der Waals surface area contributed by atoms with E-state index in [1.807, 2.05) is 0 Å². The zero-order valence-corrected chi connectivity index (χ0v) is 12.8. The average molecular weight is 245 g/mol. The van der Waals surface area contributed by atoms with Crippen LogP contribution in [0.25, 0.3) is 0 Å². The number of rotatable bonds is 0. The summed E-state index contributed by atoms with van der Waals surface area (Å²) in [5.41, 5.74) is 0. The van der Waals surface area contributed by atoms with Gasteiger partial charge in [-0.2, -0.15) is 0 Å². The van der Waals surface area contributed by atoms with Crippen molar-refractivity contribution in [2.24, 2.45) is 0 Å². The first-order valence-electron chi connectivity index (χ1n) is 0.612. The zero-order valence-electron chi connectivity index (χ0n) is 3.72. The third-order valence-electron chi connectivity index (χ3n) is 0. The van der Waals surface area contributed by atoms with E-state index in [-0.39, 0.29) is 103 Å². The summed E-state index contributed by atoms with van der Waals surface area (Å²) in [4.78, 5) is 0. The molecule has 6 heavy (non-hydrogen) atoms. The predicted octanol–water partition coefficient (Wildman–Crippen LogP) is -8.87. The van der Waals surface area contributed by atoms with Crippen LogP contribution in [0.4, 0.5) is 0 Å². The Hall–Kier alpha value is 3.79. The zero-order chi connectivity index (χ0) is 3.58. The number of hydrogen-bond acceptors (Lipinski definition) is 3. The second-order valence-corrected chi connectivity index (χ2v) is 1.68. The Morgan fingerprint density at radius 1 is 1.17 bits per heavy atom. The van der Waals surface area contributed by atoms with Gasteiger partial charge in [0.05, 0.1) is 0 Å². The second kappa shape index (κ2) is 11.6. The van der Waals surface area contributed by atoms with Crippen molar-refractivity contribution in [1.82, 2.24) is 0 Å². The standard InChI is InChI=1S/2K.3O.Sn/q2*+1;;2*-1;. The van der Waals surface area contributed by atoms with Crippen molar-refractivity contribution in [2.75, 3.05) is 0 Å². The van der Waals surface area contributed by atoms with Crippen LogP contribution in [0.5, 0.6) is 0 Å². The third-order valence-corrected chi connectivity index (χ3v) is 0. The summed E-state index contributed by atoms with van der Waals surface area (Å²) in [6.45, 7) is 0. The molecule has 0 aliphatic heterocycles. The Kier molecular flexibility index (Phi) is 31.6. The third kappa shape index (κ3) is 25.0. The van der Waals surface area contributed by atoms with E-state index in [4.69, 9.17) is 9.96 Å². The van der Waals surface area contributed by atoms with Crippen molar-refractivity contribution in [3.63, 3.8) is 0 Å². The minimum absolute atomic E-state index is 0. The molecule has 0 aromatic heterocycles. The molecular weight excluding hydrogens is 245 g/mol. The molecule has 0 aliphatic rings. The maximum absolute atomic E-state index is 8.61. The van der Waals surface area contributed by atoms with Crippen LogP contribution in [0.3, 0.4) is 0 Å². The topological polar surface area (TPSA) is 63.2 Å². The fraction of sp³-hybridized carbons (Fsp3) is 0. The Bertz CT molecular complexity index is 31.8. The van der Waals surface area contributed by atoms with Gasteiger partial charge in [0.15, 0.2) is 0 Å². The SMILES string of the molecule is [K+].[K+].[O]=[Sn]([O-])[O-]. The molecule has 0 amide bonds. The normalized spacial score (nSPS) is 4.33. The van der Waals surface area contributed by atoms with E-state index in [0.29, 0.717) is 0 Å². The Labute approximate surface area is 129 Å². The van der Waals surface area contributed by atoms with Crippen LogP contribution in [-0.2, 0) is 3.08 Å². The molecular formula is K2O3Sn. The molecule has 0 aromatic rings. The predicted molar refractivity (Wildman–Crippen MR) is 6.44 cm³/mol. The summed E-state index contributed by atoms with van der Waals surface area (Å²) in [5, 5.41) is 0. The summed E-state index contributed by atoms with van der Waals surface area (Å²) in [6.07, 6.45) is 0. The summed E-state index contributed by atoms with van der Waals surface area (Å²) < 4.78 is 25.8. The van der Waals surface area contributed by atoms with Crippen LogP contribution in [0.1, 0.15) is 0 Å². The van der Waals surface area contributed by atoms with E-state index >= 15 is 0 Å². The quantitative estimate of drug-likeness (QED) is 0.398. The van der Waals surface area contributed by atoms with Crippen LogP contribution in [0, 0.1) is 0 Å². The Morgan fingerprint density at radius 3 is 1.17 bits per heavy atom. The van der Waals surface area contributed by atoms with Crippen LogP contribution < -0.4 is 110 Å². The van der Waals surface area contributed by atoms with E-state index in [2.05, 4.69) is 0 Å². The van der Waals surface area contributed by atoms with Gasteiger partial charge in [0, 0.05) is 0 Å². The van der Waals surface area contributed by atoms with Gasteiger partial charge in [-0.15, -0.1) is 0 Å². The molecule has 0 aromatic carbocycles. The van der Waals surface area contributed by atoms with Crippen molar-refractivity contribution in [3.8, 4) is 0 Å². The Balaban J connectivity index is -0.0000000450. The maximum atomic E-state index is 8.61. The molecule has 0 heterocycles. The minimum atomic E-state index is -4.29. The van der Waals surface area contributed by atoms with Crippen LogP contribution in [0.2, 0.25) is 0 Å². The average Bonchev–Trinajstić information content (AvgIpc) is 0.811. The van der Waals surface area contributed by atoms with Gasteiger partial charge in [0.25, 0.3) is 0 Å². The summed E-state index contributed by atoms with van der Waals surface area (Å²) in [7, 11) is 0. The first kappa shape index (κ1) is 16.4. The first-order chi connectivity index (χ1) is 1.73. The van der Waals surface area contributed by atoms with Gasteiger partial charge in [-0.1, -0.05) is 0 Å². The summed E-state index contributed by atoms with van der Waals surface area (Å²) in [6, 6.07) is 0. The van der Waals surface area contributed by atoms with Gasteiger partial charge >= 0.3 is 133 Å². The molecule has 0 bridgehead atoms. The molecule has 0 unspecified atom stereocenters. The van der Waals surface area contributed by atoms with E-state index in [1.54, 1.807) is 0 Å². The van der Waals surface area contributed by atoms with Gasteiger partial charge in [-0.25, -0.2) is 0 Å². The van der Waals surface area contributed by atoms with Crippen molar-refractivity contribution in [3.05, 3.63) is 0 Å². The Morgan fingerprint density at radius 2 is 1.17 bits per heavy atom. The van der Waals surface area contributed by atoms with Crippen LogP contribution in [0.15, 0.2) is 0 Å². The summed E-state index contributed by atoms with van der Waals surface area (Å²) in [5.74, 6) is 0. The molecule has 24 valence electrons. The van der Waals surface area contributed by atoms with Crippen molar-refractivity contribution < 1.29 is 113 Å². The molecule has 0 rings (SSSR count). The van der Waals surface area contributed by atoms with Crippen LogP contribution in [-0.4, -0.2) is 20.6 Å². The fourth-order valence-electron chi connectivity index (χ4n) is 0. The molecule has 0 saturated carbocycles. The molecule has 6 heteroatoms. The fourth-order valence-corrected chi connectivity index (χ4v) is 0. The van der Waals surface area contributed by atoms with E-state index < -0.39 is 20.6 Å². The first-order valence-corrected chi connectivity index (χ1v) is 4.11. The van der Waals surface area contributed by atoms with Crippen molar-refractivity contribution in [2.45, 2.75) is 0 Å². The molecule has 0 atom stereocenters. The van der Waals surface area contributed by atoms with E-state index in [1.165, 1.54) is 0 Å². The van der Waals surface area contributed by atoms with Gasteiger partial charge in [-0.05, 0) is 0 Å². The van der Waals surface area contributed by atoms with Gasteiger partial charge in [0.1, 0.15) is 0 Å². The van der Waals surface area contributed by atoms with E-state index in [0.717, 1.165) is 0 Å². The summed E-state index contributed by atoms with van der Waals surface area (Å²) >= 11 is -4.29. The number of hydrogen-bond donors (Lipinski definition) is 0. The van der Waals surface area contributed by atoms with Gasteiger partial charge < -0.3 is 0 Å². The molecule has 0 radical (unpaired) electrons. The molecule has 0 spiro atoms.